The Hall–Kier alpha value is -2.15. The number of fused-ring (bicyclic) bond motifs is 1. The predicted molar refractivity (Wildman–Crippen MR) is 106 cm³/mol. The summed E-state index contributed by atoms with van der Waals surface area (Å²) in [5, 5.41) is 5.41. The van der Waals surface area contributed by atoms with Gasteiger partial charge in [0.05, 0.1) is 16.2 Å². The van der Waals surface area contributed by atoms with Crippen molar-refractivity contribution in [3.63, 3.8) is 0 Å². The molecule has 27 heavy (non-hydrogen) atoms. The lowest BCUT2D eigenvalue weighted by Gasteiger charge is -2.19. The zero-order chi connectivity index (χ0) is 18.8. The molecule has 2 aromatic heterocycles. The monoisotopic (exact) mass is 384 g/mol. The quantitative estimate of drug-likeness (QED) is 0.453. The molecule has 0 unspecified atom stereocenters. The minimum atomic E-state index is -0.0659. The molecule has 0 amide bonds. The van der Waals surface area contributed by atoms with Gasteiger partial charge in [-0.05, 0) is 38.3 Å². The Kier molecular flexibility index (Phi) is 5.29. The minimum Gasteiger partial charge on any atom is -0.338 e. The molecule has 0 saturated heterocycles. The van der Waals surface area contributed by atoms with Crippen LogP contribution in [0.15, 0.2) is 38.7 Å². The molecule has 4 rings (SSSR count). The van der Waals surface area contributed by atoms with Crippen molar-refractivity contribution in [1.82, 2.24) is 19.7 Å². The average Bonchev–Trinajstić information content (AvgIpc) is 3.34. The molecule has 0 spiro atoms. The van der Waals surface area contributed by atoms with Gasteiger partial charge in [0.1, 0.15) is 0 Å². The smallest absolute Gasteiger partial charge is 0.262 e. The molecule has 1 aliphatic carbocycles. The number of hydrogen-bond acceptors (Lipinski definition) is 6. The number of hydrogen-bond donors (Lipinski definition) is 0. The van der Waals surface area contributed by atoms with Crippen molar-refractivity contribution in [3.8, 4) is 0 Å². The SMILES string of the molecule is CCCc1noc([C@H](C)Sc2nc3ccccc3c(=O)n2C2CCCC2)n1. The topological polar surface area (TPSA) is 73.8 Å². The van der Waals surface area contributed by atoms with Gasteiger partial charge < -0.3 is 4.52 Å². The first-order valence-electron chi connectivity index (χ1n) is 9.67. The van der Waals surface area contributed by atoms with Gasteiger partial charge >= 0.3 is 0 Å². The van der Waals surface area contributed by atoms with Crippen LogP contribution in [0.25, 0.3) is 10.9 Å². The highest BCUT2D eigenvalue weighted by atomic mass is 32.2. The molecular formula is C20H24N4O2S. The van der Waals surface area contributed by atoms with Gasteiger partial charge in [0, 0.05) is 12.5 Å². The van der Waals surface area contributed by atoms with E-state index in [-0.39, 0.29) is 16.9 Å². The third kappa shape index (κ3) is 3.65. The number of para-hydroxylation sites is 1. The maximum Gasteiger partial charge on any atom is 0.262 e. The maximum absolute atomic E-state index is 13.2. The Labute approximate surface area is 162 Å². The van der Waals surface area contributed by atoms with Crippen LogP contribution in [0.1, 0.15) is 69.0 Å². The van der Waals surface area contributed by atoms with Crippen molar-refractivity contribution in [2.45, 2.75) is 68.8 Å². The van der Waals surface area contributed by atoms with Crippen LogP contribution in [0.5, 0.6) is 0 Å². The van der Waals surface area contributed by atoms with Crippen molar-refractivity contribution >= 4 is 22.7 Å². The molecule has 1 aliphatic rings. The first kappa shape index (κ1) is 18.2. The molecule has 7 heteroatoms. The molecule has 1 fully saturated rings. The van der Waals surface area contributed by atoms with Gasteiger partial charge in [0.25, 0.3) is 5.56 Å². The van der Waals surface area contributed by atoms with Crippen LogP contribution in [0.2, 0.25) is 0 Å². The van der Waals surface area contributed by atoms with E-state index in [2.05, 4.69) is 17.1 Å². The first-order valence-corrected chi connectivity index (χ1v) is 10.6. The first-order chi connectivity index (χ1) is 13.2. The number of aromatic nitrogens is 4. The van der Waals surface area contributed by atoms with E-state index >= 15 is 0 Å². The van der Waals surface area contributed by atoms with Crippen LogP contribution in [-0.2, 0) is 6.42 Å². The Morgan fingerprint density at radius 1 is 1.26 bits per heavy atom. The summed E-state index contributed by atoms with van der Waals surface area (Å²) >= 11 is 1.53. The molecule has 2 heterocycles. The van der Waals surface area contributed by atoms with E-state index in [9.17, 15) is 4.79 Å². The lowest BCUT2D eigenvalue weighted by Crippen LogP contribution is -2.26. The van der Waals surface area contributed by atoms with Crippen molar-refractivity contribution in [1.29, 1.82) is 0 Å². The summed E-state index contributed by atoms with van der Waals surface area (Å²) < 4.78 is 7.34. The van der Waals surface area contributed by atoms with Crippen LogP contribution in [-0.4, -0.2) is 19.7 Å². The molecule has 1 saturated carbocycles. The summed E-state index contributed by atoms with van der Waals surface area (Å²) in [6.07, 6.45) is 6.17. The minimum absolute atomic E-state index is 0.0550. The van der Waals surface area contributed by atoms with Crippen molar-refractivity contribution in [2.75, 3.05) is 0 Å². The van der Waals surface area contributed by atoms with Crippen molar-refractivity contribution in [3.05, 3.63) is 46.3 Å². The predicted octanol–water partition coefficient (Wildman–Crippen LogP) is 4.70. The fourth-order valence-electron chi connectivity index (χ4n) is 3.66. The summed E-state index contributed by atoms with van der Waals surface area (Å²) in [7, 11) is 0. The Morgan fingerprint density at radius 2 is 2.04 bits per heavy atom. The van der Waals surface area contributed by atoms with E-state index in [4.69, 9.17) is 9.51 Å². The zero-order valence-corrected chi connectivity index (χ0v) is 16.5. The van der Waals surface area contributed by atoms with Gasteiger partial charge in [0.2, 0.25) is 5.89 Å². The molecule has 0 bridgehead atoms. The van der Waals surface area contributed by atoms with Gasteiger partial charge in [-0.3, -0.25) is 9.36 Å². The lowest BCUT2D eigenvalue weighted by atomic mass is 10.2. The van der Waals surface area contributed by atoms with E-state index in [1.807, 2.05) is 35.8 Å². The molecule has 6 nitrogen and oxygen atoms in total. The zero-order valence-electron chi connectivity index (χ0n) is 15.7. The van der Waals surface area contributed by atoms with Gasteiger partial charge in [-0.15, -0.1) is 0 Å². The standard InChI is InChI=1S/C20H24N4O2S/c1-3-8-17-22-18(26-23-17)13(2)27-20-21-16-12-7-6-11-15(16)19(25)24(20)14-9-4-5-10-14/h6-7,11-14H,3-5,8-10H2,1-2H3/t13-/m0/s1. The van der Waals surface area contributed by atoms with Crippen LogP contribution in [0.4, 0.5) is 0 Å². The van der Waals surface area contributed by atoms with Gasteiger partial charge in [-0.25, -0.2) is 4.98 Å². The number of nitrogens with zero attached hydrogens (tertiary/aromatic N) is 4. The highest BCUT2D eigenvalue weighted by molar-refractivity contribution is 7.99. The van der Waals surface area contributed by atoms with Gasteiger partial charge in [0.15, 0.2) is 11.0 Å². The largest absolute Gasteiger partial charge is 0.338 e. The molecular weight excluding hydrogens is 360 g/mol. The number of rotatable bonds is 6. The molecule has 142 valence electrons. The Bertz CT molecular complexity index is 991. The van der Waals surface area contributed by atoms with Gasteiger partial charge in [-0.1, -0.05) is 48.8 Å². The molecule has 3 aromatic rings. The summed E-state index contributed by atoms with van der Waals surface area (Å²) in [5.41, 5.74) is 0.794. The normalized spacial score (nSPS) is 16.2. The van der Waals surface area contributed by atoms with Crippen molar-refractivity contribution in [2.24, 2.45) is 0 Å². The fourth-order valence-corrected chi connectivity index (χ4v) is 4.67. The molecule has 0 radical (unpaired) electrons. The maximum atomic E-state index is 13.2. The Balaban J connectivity index is 1.72. The highest BCUT2D eigenvalue weighted by Crippen LogP contribution is 2.37. The second kappa shape index (κ2) is 7.84. The number of aryl methyl sites for hydroxylation is 1. The van der Waals surface area contributed by atoms with E-state index in [0.29, 0.717) is 11.3 Å². The van der Waals surface area contributed by atoms with E-state index in [1.54, 1.807) is 0 Å². The third-order valence-corrected chi connectivity index (χ3v) is 6.11. The number of thioether (sulfide) groups is 1. The molecule has 1 aromatic carbocycles. The Morgan fingerprint density at radius 3 is 2.81 bits per heavy atom. The second-order valence-corrected chi connectivity index (χ2v) is 8.39. The fraction of sp³-hybridized carbons (Fsp3) is 0.500. The van der Waals surface area contributed by atoms with E-state index in [0.717, 1.165) is 55.0 Å². The summed E-state index contributed by atoms with van der Waals surface area (Å²) in [6, 6.07) is 7.80. The molecule has 1 atom stereocenters. The second-order valence-electron chi connectivity index (χ2n) is 7.08. The summed E-state index contributed by atoms with van der Waals surface area (Å²) in [6.45, 7) is 4.11. The average molecular weight is 385 g/mol. The van der Waals surface area contributed by atoms with E-state index < -0.39 is 0 Å². The van der Waals surface area contributed by atoms with Crippen molar-refractivity contribution < 1.29 is 4.52 Å². The summed E-state index contributed by atoms with van der Waals surface area (Å²) in [5.74, 6) is 1.32. The van der Waals surface area contributed by atoms with Crippen LogP contribution >= 0.6 is 11.8 Å². The van der Waals surface area contributed by atoms with Gasteiger partial charge in [-0.2, -0.15) is 4.98 Å². The van der Waals surface area contributed by atoms with Crippen LogP contribution in [0.3, 0.4) is 0 Å². The van der Waals surface area contributed by atoms with Crippen LogP contribution in [0, 0.1) is 0 Å². The van der Waals surface area contributed by atoms with Crippen LogP contribution < -0.4 is 5.56 Å². The number of benzene rings is 1. The molecule has 0 N–H and O–H groups in total. The molecule has 0 aliphatic heterocycles. The highest BCUT2D eigenvalue weighted by Gasteiger charge is 2.25. The third-order valence-electron chi connectivity index (χ3n) is 5.05. The van der Waals surface area contributed by atoms with E-state index in [1.165, 1.54) is 11.8 Å². The lowest BCUT2D eigenvalue weighted by molar-refractivity contribution is 0.374. The summed E-state index contributed by atoms with van der Waals surface area (Å²) in [4.78, 5) is 22.5.